The van der Waals surface area contributed by atoms with Crippen LogP contribution in [-0.4, -0.2) is 37.2 Å². The number of rotatable bonds is 60. The Kier molecular flexibility index (Phi) is 64.8. The van der Waals surface area contributed by atoms with E-state index in [1.165, 1.54) is 109 Å². The van der Waals surface area contributed by atoms with E-state index in [1.54, 1.807) is 0 Å². The molecule has 6 heteroatoms. The molecule has 0 aromatic rings. The van der Waals surface area contributed by atoms with Gasteiger partial charge in [-0.2, -0.15) is 0 Å². The summed E-state index contributed by atoms with van der Waals surface area (Å²) in [6, 6.07) is 0. The lowest BCUT2D eigenvalue weighted by atomic mass is 10.0. The summed E-state index contributed by atoms with van der Waals surface area (Å²) in [5.41, 5.74) is 0. The molecule has 0 aliphatic heterocycles. The lowest BCUT2D eigenvalue weighted by Crippen LogP contribution is -2.30. The van der Waals surface area contributed by atoms with E-state index < -0.39 is 6.10 Å². The van der Waals surface area contributed by atoms with Crippen LogP contribution in [0.25, 0.3) is 0 Å². The second kappa shape index (κ2) is 68.8. The predicted octanol–water partition coefficient (Wildman–Crippen LogP) is 23.5. The van der Waals surface area contributed by atoms with Crippen molar-refractivity contribution < 1.29 is 28.6 Å². The molecule has 0 aliphatic rings. The van der Waals surface area contributed by atoms with Gasteiger partial charge in [0.2, 0.25) is 0 Å². The number of esters is 3. The summed E-state index contributed by atoms with van der Waals surface area (Å²) in [4.78, 5) is 38.3. The van der Waals surface area contributed by atoms with Gasteiger partial charge in [0.05, 0.1) is 0 Å². The Morgan fingerprint density at radius 3 is 0.756 bits per heavy atom. The lowest BCUT2D eigenvalue weighted by molar-refractivity contribution is -0.167. The molecule has 1 atom stereocenters. The van der Waals surface area contributed by atoms with E-state index in [0.717, 1.165) is 148 Å². The molecule has 0 aliphatic carbocycles. The van der Waals surface area contributed by atoms with Gasteiger partial charge < -0.3 is 14.2 Å². The quantitative estimate of drug-likeness (QED) is 0.0261. The molecule has 1 unspecified atom stereocenters. The number of unbranched alkanes of at least 4 members (excludes halogenated alkanes) is 25. The molecule has 0 heterocycles. The first-order chi connectivity index (χ1) is 40.5. The van der Waals surface area contributed by atoms with Gasteiger partial charge in [-0.1, -0.05) is 301 Å². The van der Waals surface area contributed by atoms with E-state index in [-0.39, 0.29) is 31.1 Å². The molecule has 0 radical (unpaired) electrons. The van der Waals surface area contributed by atoms with Crippen molar-refractivity contribution in [2.24, 2.45) is 0 Å². The van der Waals surface area contributed by atoms with E-state index in [4.69, 9.17) is 14.2 Å². The second-order valence-corrected chi connectivity index (χ2v) is 22.0. The number of allylic oxidation sites excluding steroid dienone is 24. The van der Waals surface area contributed by atoms with Crippen molar-refractivity contribution >= 4 is 17.9 Å². The van der Waals surface area contributed by atoms with Gasteiger partial charge >= 0.3 is 17.9 Å². The molecule has 0 saturated heterocycles. The Morgan fingerprint density at radius 2 is 0.476 bits per heavy atom. The molecular formula is C76H124O6. The van der Waals surface area contributed by atoms with Crippen LogP contribution in [0.5, 0.6) is 0 Å². The Labute approximate surface area is 506 Å². The molecule has 0 aromatic heterocycles. The molecule has 0 rings (SSSR count). The summed E-state index contributed by atoms with van der Waals surface area (Å²) < 4.78 is 16.9. The third kappa shape index (κ3) is 66.1. The normalized spacial score (nSPS) is 13.1. The van der Waals surface area contributed by atoms with Crippen LogP contribution in [0.1, 0.15) is 297 Å². The Morgan fingerprint density at radius 1 is 0.256 bits per heavy atom. The maximum absolute atomic E-state index is 12.9. The molecule has 0 bridgehead atoms. The highest BCUT2D eigenvalue weighted by molar-refractivity contribution is 5.71. The highest BCUT2D eigenvalue weighted by atomic mass is 16.6. The lowest BCUT2D eigenvalue weighted by Gasteiger charge is -2.18. The van der Waals surface area contributed by atoms with Crippen molar-refractivity contribution in [3.8, 4) is 0 Å². The molecule has 0 saturated carbocycles. The minimum absolute atomic E-state index is 0.0951. The van der Waals surface area contributed by atoms with Gasteiger partial charge in [-0.15, -0.1) is 0 Å². The van der Waals surface area contributed by atoms with Gasteiger partial charge in [-0.05, 0) is 122 Å². The largest absolute Gasteiger partial charge is 0.462 e. The van der Waals surface area contributed by atoms with Gasteiger partial charge in [-0.25, -0.2) is 0 Å². The second-order valence-electron chi connectivity index (χ2n) is 22.0. The minimum Gasteiger partial charge on any atom is -0.462 e. The zero-order valence-corrected chi connectivity index (χ0v) is 53.2. The molecule has 82 heavy (non-hydrogen) atoms. The molecule has 0 spiro atoms. The van der Waals surface area contributed by atoms with E-state index >= 15 is 0 Å². The van der Waals surface area contributed by atoms with Crippen LogP contribution in [0.4, 0.5) is 0 Å². The van der Waals surface area contributed by atoms with E-state index in [9.17, 15) is 14.4 Å². The molecule has 0 fully saturated rings. The number of hydrogen-bond acceptors (Lipinski definition) is 6. The van der Waals surface area contributed by atoms with Crippen molar-refractivity contribution in [1.82, 2.24) is 0 Å². The molecule has 6 nitrogen and oxygen atoms in total. The van der Waals surface area contributed by atoms with Crippen molar-refractivity contribution in [3.63, 3.8) is 0 Å². The fourth-order valence-electron chi connectivity index (χ4n) is 9.10. The fraction of sp³-hybridized carbons (Fsp3) is 0.645. The zero-order chi connectivity index (χ0) is 59.2. The number of carbonyl (C=O) groups excluding carboxylic acids is 3. The Balaban J connectivity index is 4.29. The fourth-order valence-corrected chi connectivity index (χ4v) is 9.10. The number of carbonyl (C=O) groups is 3. The van der Waals surface area contributed by atoms with Crippen molar-refractivity contribution in [3.05, 3.63) is 146 Å². The van der Waals surface area contributed by atoms with Crippen molar-refractivity contribution in [1.29, 1.82) is 0 Å². The third-order valence-electron chi connectivity index (χ3n) is 14.1. The van der Waals surface area contributed by atoms with Gasteiger partial charge in [0.1, 0.15) is 13.2 Å². The van der Waals surface area contributed by atoms with Crippen LogP contribution < -0.4 is 0 Å². The first-order valence-electron chi connectivity index (χ1n) is 33.8. The van der Waals surface area contributed by atoms with Crippen LogP contribution in [0.3, 0.4) is 0 Å². The highest BCUT2D eigenvalue weighted by Gasteiger charge is 2.19. The van der Waals surface area contributed by atoms with Gasteiger partial charge in [0, 0.05) is 19.3 Å². The topological polar surface area (TPSA) is 78.9 Å². The molecule has 0 N–H and O–H groups in total. The monoisotopic (exact) mass is 1130 g/mol. The Bertz CT molecular complexity index is 1780. The molecule has 464 valence electrons. The summed E-state index contributed by atoms with van der Waals surface area (Å²) in [7, 11) is 0. The SMILES string of the molecule is CC/C=C\C/C=C\C/C=C\C/C=C\C/C=C\C/C=C\C/C=C\C/C=C\C/C=C\CCCCCCCCCC(=O)OCC(COC(=O)CCCCC/C=C\C/C=C\C/C=C\CC)OC(=O)CCCCCCCCCCCCCCCCCC. The van der Waals surface area contributed by atoms with Gasteiger partial charge in [-0.3, -0.25) is 14.4 Å². The third-order valence-corrected chi connectivity index (χ3v) is 14.1. The smallest absolute Gasteiger partial charge is 0.306 e. The average Bonchev–Trinajstić information content (AvgIpc) is 3.47. The van der Waals surface area contributed by atoms with Gasteiger partial charge in [0.15, 0.2) is 6.10 Å². The number of ether oxygens (including phenoxy) is 3. The standard InChI is InChI=1S/C76H124O6/c1-4-7-10-13-16-19-22-25-27-29-30-31-32-33-34-35-36-37-38-39-40-41-42-43-44-45-46-47-49-51-54-57-60-63-66-69-75(78)81-72-73(71-80-74(77)68-65-62-59-56-53-50-24-21-18-15-12-9-6-3)82-76(79)70-67-64-61-58-55-52-48-28-26-23-20-17-14-11-8-5-2/h7,9-10,12,16,18-19,21,25,27,30-31,33-34,36-37,39-40,42-43,45-46,50,53,73H,4-6,8,11,13-15,17,20,22-24,26,28-29,32,35,38,41,44,47-49,51-52,54-72H2,1-3H3/b10-7-,12-9-,19-16-,21-18-,27-25-,31-30-,34-33-,37-36-,40-39-,43-42-,46-45-,53-50-. The van der Waals surface area contributed by atoms with Crippen LogP contribution in [0, 0.1) is 0 Å². The molecular weight excluding hydrogens is 1010 g/mol. The van der Waals surface area contributed by atoms with Gasteiger partial charge in [0.25, 0.3) is 0 Å². The predicted molar refractivity (Wildman–Crippen MR) is 357 cm³/mol. The summed E-state index contributed by atoms with van der Waals surface area (Å²) in [5, 5.41) is 0. The van der Waals surface area contributed by atoms with Crippen molar-refractivity contribution in [2.75, 3.05) is 13.2 Å². The molecule has 0 aromatic carbocycles. The maximum Gasteiger partial charge on any atom is 0.306 e. The summed E-state index contributed by atoms with van der Waals surface area (Å²) >= 11 is 0. The zero-order valence-electron chi connectivity index (χ0n) is 53.2. The Hall–Kier alpha value is -4.71. The van der Waals surface area contributed by atoms with Crippen LogP contribution >= 0.6 is 0 Å². The van der Waals surface area contributed by atoms with E-state index in [2.05, 4.69) is 167 Å². The van der Waals surface area contributed by atoms with Crippen LogP contribution in [0.2, 0.25) is 0 Å². The highest BCUT2D eigenvalue weighted by Crippen LogP contribution is 2.16. The maximum atomic E-state index is 12.9. The van der Waals surface area contributed by atoms with Crippen molar-refractivity contribution in [2.45, 2.75) is 303 Å². The summed E-state index contributed by atoms with van der Waals surface area (Å²) in [6.07, 6.45) is 98.7. The molecule has 0 amide bonds. The first-order valence-corrected chi connectivity index (χ1v) is 33.8. The summed E-state index contributed by atoms with van der Waals surface area (Å²) in [6.45, 7) is 6.39. The number of hydrogen-bond donors (Lipinski definition) is 0. The summed E-state index contributed by atoms with van der Waals surface area (Å²) in [5.74, 6) is -0.930. The first kappa shape index (κ1) is 77.3. The average molecular weight is 1130 g/mol. The van der Waals surface area contributed by atoms with E-state index in [0.29, 0.717) is 19.3 Å². The minimum atomic E-state index is -0.798. The van der Waals surface area contributed by atoms with E-state index in [1.807, 2.05) is 0 Å². The van der Waals surface area contributed by atoms with Crippen LogP contribution in [0.15, 0.2) is 146 Å². The van der Waals surface area contributed by atoms with Crippen LogP contribution in [-0.2, 0) is 28.6 Å².